The number of aromatic carboxylic acids is 1. The van der Waals surface area contributed by atoms with E-state index in [1.807, 2.05) is 6.26 Å². The second-order valence-electron chi connectivity index (χ2n) is 4.34. The summed E-state index contributed by atoms with van der Waals surface area (Å²) in [6, 6.07) is 0.239. The summed E-state index contributed by atoms with van der Waals surface area (Å²) in [5.74, 6) is -0.402. The number of nitrogens with zero attached hydrogens (tertiary/aromatic N) is 3. The Bertz CT molecular complexity index is 478. The molecule has 0 aromatic carbocycles. The molecule has 1 aromatic heterocycles. The van der Waals surface area contributed by atoms with Gasteiger partial charge in [0.1, 0.15) is 5.69 Å². The van der Waals surface area contributed by atoms with E-state index in [2.05, 4.69) is 9.97 Å². The lowest BCUT2D eigenvalue weighted by Gasteiger charge is -2.23. The van der Waals surface area contributed by atoms with E-state index >= 15 is 0 Å². The average molecular weight is 281 g/mol. The molecule has 1 N–H and O–H groups in total. The standard InChI is InChI=1S/C12H15N3O3S/c1-19-7-8-3-2-4-15(8)11(16)9-5-14-10(6-13-9)12(17)18/h5-6,8H,2-4,7H2,1H3,(H,17,18). The molecule has 1 aromatic rings. The van der Waals surface area contributed by atoms with Gasteiger partial charge < -0.3 is 10.0 Å². The maximum absolute atomic E-state index is 12.3. The number of amides is 1. The van der Waals surface area contributed by atoms with Gasteiger partial charge in [-0.3, -0.25) is 4.79 Å². The summed E-state index contributed by atoms with van der Waals surface area (Å²) in [6.45, 7) is 0.729. The van der Waals surface area contributed by atoms with Crippen LogP contribution in [0.2, 0.25) is 0 Å². The summed E-state index contributed by atoms with van der Waals surface area (Å²) in [6.07, 6.45) is 6.38. The van der Waals surface area contributed by atoms with Crippen molar-refractivity contribution < 1.29 is 14.7 Å². The van der Waals surface area contributed by atoms with E-state index in [4.69, 9.17) is 5.11 Å². The minimum Gasteiger partial charge on any atom is -0.476 e. The lowest BCUT2D eigenvalue weighted by molar-refractivity contribution is 0.0685. The number of carboxylic acid groups (broad SMARTS) is 1. The molecule has 0 saturated carbocycles. The first-order valence-corrected chi connectivity index (χ1v) is 7.38. The van der Waals surface area contributed by atoms with Gasteiger partial charge in [-0.1, -0.05) is 0 Å². The topological polar surface area (TPSA) is 83.4 Å². The Kier molecular flexibility index (Phi) is 4.36. The zero-order valence-corrected chi connectivity index (χ0v) is 11.4. The van der Waals surface area contributed by atoms with Gasteiger partial charge in [0.2, 0.25) is 0 Å². The molecule has 1 aliphatic heterocycles. The zero-order chi connectivity index (χ0) is 13.8. The van der Waals surface area contributed by atoms with Crippen molar-refractivity contribution in [3.63, 3.8) is 0 Å². The number of carbonyl (C=O) groups is 2. The SMILES string of the molecule is CSCC1CCCN1C(=O)c1cnc(C(=O)O)cn1. The fourth-order valence-corrected chi connectivity index (χ4v) is 2.90. The molecule has 1 fully saturated rings. The summed E-state index contributed by atoms with van der Waals surface area (Å²) in [4.78, 5) is 32.4. The second kappa shape index (κ2) is 6.01. The first-order chi connectivity index (χ1) is 9.13. The zero-order valence-electron chi connectivity index (χ0n) is 10.6. The Morgan fingerprint density at radius 3 is 2.68 bits per heavy atom. The molecular formula is C12H15N3O3S. The van der Waals surface area contributed by atoms with Crippen molar-refractivity contribution in [1.82, 2.24) is 14.9 Å². The molecule has 6 nitrogen and oxygen atoms in total. The van der Waals surface area contributed by atoms with Crippen LogP contribution in [0.5, 0.6) is 0 Å². The highest BCUT2D eigenvalue weighted by atomic mass is 32.2. The maximum atomic E-state index is 12.3. The van der Waals surface area contributed by atoms with Gasteiger partial charge in [-0.05, 0) is 19.1 Å². The van der Waals surface area contributed by atoms with Crippen LogP contribution in [0.25, 0.3) is 0 Å². The van der Waals surface area contributed by atoms with Gasteiger partial charge in [-0.2, -0.15) is 11.8 Å². The molecule has 7 heteroatoms. The molecule has 2 rings (SSSR count). The Labute approximate surface area is 115 Å². The molecule has 1 aliphatic rings. The molecule has 102 valence electrons. The van der Waals surface area contributed by atoms with Crippen molar-refractivity contribution >= 4 is 23.6 Å². The van der Waals surface area contributed by atoms with Crippen molar-refractivity contribution in [2.75, 3.05) is 18.6 Å². The minimum atomic E-state index is -1.15. The first kappa shape index (κ1) is 13.8. The third-order valence-corrected chi connectivity index (χ3v) is 3.81. The van der Waals surface area contributed by atoms with Crippen molar-refractivity contribution in [2.45, 2.75) is 18.9 Å². The lowest BCUT2D eigenvalue weighted by Crippen LogP contribution is -2.37. The number of carboxylic acids is 1. The van der Waals surface area contributed by atoms with Crippen molar-refractivity contribution in [2.24, 2.45) is 0 Å². The summed E-state index contributed by atoms with van der Waals surface area (Å²) in [5, 5.41) is 8.74. The fourth-order valence-electron chi connectivity index (χ4n) is 2.16. The van der Waals surface area contributed by atoms with Gasteiger partial charge in [0.25, 0.3) is 5.91 Å². The molecule has 1 amide bonds. The normalized spacial score (nSPS) is 18.6. The van der Waals surface area contributed by atoms with Gasteiger partial charge in [0.15, 0.2) is 5.69 Å². The molecule has 0 bridgehead atoms. The van der Waals surface area contributed by atoms with Crippen LogP contribution in [-0.4, -0.2) is 56.4 Å². The van der Waals surface area contributed by atoms with E-state index in [1.165, 1.54) is 6.20 Å². The molecule has 1 atom stereocenters. The molecule has 0 radical (unpaired) electrons. The summed E-state index contributed by atoms with van der Waals surface area (Å²) < 4.78 is 0. The minimum absolute atomic E-state index is 0.154. The molecule has 1 unspecified atom stereocenters. The molecule has 19 heavy (non-hydrogen) atoms. The number of likely N-dealkylation sites (tertiary alicyclic amines) is 1. The van der Waals surface area contributed by atoms with E-state index in [9.17, 15) is 9.59 Å². The Hall–Kier alpha value is -1.63. The van der Waals surface area contributed by atoms with E-state index in [0.29, 0.717) is 0 Å². The third kappa shape index (κ3) is 3.04. The molecular weight excluding hydrogens is 266 g/mol. The highest BCUT2D eigenvalue weighted by Gasteiger charge is 2.29. The quantitative estimate of drug-likeness (QED) is 0.891. The molecule has 2 heterocycles. The van der Waals surface area contributed by atoms with Gasteiger partial charge in [0.05, 0.1) is 12.4 Å². The number of rotatable bonds is 4. The molecule has 0 aliphatic carbocycles. The second-order valence-corrected chi connectivity index (χ2v) is 5.25. The largest absolute Gasteiger partial charge is 0.476 e. The number of hydrogen-bond acceptors (Lipinski definition) is 5. The van der Waals surface area contributed by atoms with Crippen molar-refractivity contribution in [3.05, 3.63) is 23.8 Å². The average Bonchev–Trinajstić information content (AvgIpc) is 2.87. The van der Waals surface area contributed by atoms with Crippen LogP contribution in [0.1, 0.15) is 33.8 Å². The molecule has 0 spiro atoms. The van der Waals surface area contributed by atoms with E-state index in [1.54, 1.807) is 16.7 Å². The Morgan fingerprint density at radius 1 is 1.42 bits per heavy atom. The van der Waals surface area contributed by atoms with Gasteiger partial charge >= 0.3 is 5.97 Å². The van der Waals surface area contributed by atoms with E-state index < -0.39 is 5.97 Å². The Morgan fingerprint density at radius 2 is 2.11 bits per heavy atom. The first-order valence-electron chi connectivity index (χ1n) is 5.98. The highest BCUT2D eigenvalue weighted by molar-refractivity contribution is 7.98. The van der Waals surface area contributed by atoms with Gasteiger partial charge in [0, 0.05) is 18.3 Å². The highest BCUT2D eigenvalue weighted by Crippen LogP contribution is 2.21. The fraction of sp³-hybridized carbons (Fsp3) is 0.500. The van der Waals surface area contributed by atoms with E-state index in [0.717, 1.165) is 31.3 Å². The van der Waals surface area contributed by atoms with E-state index in [-0.39, 0.29) is 23.3 Å². The van der Waals surface area contributed by atoms with Crippen LogP contribution in [0.4, 0.5) is 0 Å². The van der Waals surface area contributed by atoms with Crippen LogP contribution in [0.3, 0.4) is 0 Å². The number of thioether (sulfide) groups is 1. The number of hydrogen-bond donors (Lipinski definition) is 1. The van der Waals surface area contributed by atoms with Gasteiger partial charge in [-0.15, -0.1) is 0 Å². The summed E-state index contributed by atoms with van der Waals surface area (Å²) in [7, 11) is 0. The molecule has 1 saturated heterocycles. The third-order valence-electron chi connectivity index (χ3n) is 3.09. The number of carbonyl (C=O) groups excluding carboxylic acids is 1. The lowest BCUT2D eigenvalue weighted by atomic mass is 10.2. The maximum Gasteiger partial charge on any atom is 0.356 e. The predicted molar refractivity (Wildman–Crippen MR) is 71.4 cm³/mol. The smallest absolute Gasteiger partial charge is 0.356 e. The van der Waals surface area contributed by atoms with Crippen molar-refractivity contribution in [3.8, 4) is 0 Å². The van der Waals surface area contributed by atoms with Crippen LogP contribution in [-0.2, 0) is 0 Å². The monoisotopic (exact) mass is 281 g/mol. The summed E-state index contributed by atoms with van der Waals surface area (Å²) in [5.41, 5.74) is 0.0524. The summed E-state index contributed by atoms with van der Waals surface area (Å²) >= 11 is 1.71. The van der Waals surface area contributed by atoms with Crippen LogP contribution >= 0.6 is 11.8 Å². The van der Waals surface area contributed by atoms with Crippen LogP contribution in [0, 0.1) is 0 Å². The predicted octanol–water partition coefficient (Wildman–Crippen LogP) is 1.14. The van der Waals surface area contributed by atoms with Gasteiger partial charge in [-0.25, -0.2) is 14.8 Å². The van der Waals surface area contributed by atoms with Crippen LogP contribution < -0.4 is 0 Å². The van der Waals surface area contributed by atoms with Crippen molar-refractivity contribution in [1.29, 1.82) is 0 Å². The Balaban J connectivity index is 2.12. The number of aromatic nitrogens is 2. The van der Waals surface area contributed by atoms with Crippen LogP contribution in [0.15, 0.2) is 12.4 Å².